The second-order valence-electron chi connectivity index (χ2n) is 7.96. The summed E-state index contributed by atoms with van der Waals surface area (Å²) in [5.41, 5.74) is 1.68. The third-order valence-corrected chi connectivity index (χ3v) is 7.09. The molecule has 2 aromatic carbocycles. The van der Waals surface area contributed by atoms with Gasteiger partial charge in [0.25, 0.3) is 5.91 Å². The molecule has 0 bridgehead atoms. The maximum absolute atomic E-state index is 13.3. The van der Waals surface area contributed by atoms with Crippen LogP contribution in [-0.2, 0) is 9.59 Å². The van der Waals surface area contributed by atoms with Gasteiger partial charge in [-0.3, -0.25) is 14.5 Å². The molecule has 2 atom stereocenters. The molecule has 1 heterocycles. The van der Waals surface area contributed by atoms with Gasteiger partial charge < -0.3 is 5.32 Å². The summed E-state index contributed by atoms with van der Waals surface area (Å²) in [4.78, 5) is 29.3. The third kappa shape index (κ3) is 4.73. The van der Waals surface area contributed by atoms with Crippen LogP contribution in [0.5, 0.6) is 0 Å². The molecular formula is C24H25ClN2O2S. The topological polar surface area (TPSA) is 49.4 Å². The van der Waals surface area contributed by atoms with Crippen LogP contribution in [-0.4, -0.2) is 24.4 Å². The van der Waals surface area contributed by atoms with E-state index in [1.54, 1.807) is 17.0 Å². The Morgan fingerprint density at radius 2 is 1.90 bits per heavy atom. The molecule has 1 aliphatic carbocycles. The van der Waals surface area contributed by atoms with Gasteiger partial charge >= 0.3 is 0 Å². The summed E-state index contributed by atoms with van der Waals surface area (Å²) < 4.78 is 0. The quantitative estimate of drug-likeness (QED) is 0.637. The Kier molecular flexibility index (Phi) is 6.49. The average Bonchev–Trinajstić information content (AvgIpc) is 2.74. The average molecular weight is 441 g/mol. The number of amides is 2. The summed E-state index contributed by atoms with van der Waals surface area (Å²) in [6, 6.07) is 15.3. The van der Waals surface area contributed by atoms with Gasteiger partial charge in [0.1, 0.15) is 6.54 Å². The lowest BCUT2D eigenvalue weighted by molar-refractivity contribution is -0.123. The fourth-order valence-corrected chi connectivity index (χ4v) is 5.24. The van der Waals surface area contributed by atoms with Crippen molar-refractivity contribution in [3.8, 4) is 0 Å². The summed E-state index contributed by atoms with van der Waals surface area (Å²) in [6.45, 7) is 2.21. The van der Waals surface area contributed by atoms with Gasteiger partial charge in [0.15, 0.2) is 0 Å². The molecule has 0 aromatic heterocycles. The fraction of sp³-hybridized carbons (Fsp3) is 0.333. The SMILES string of the molecule is C[C@H]1CCCC[C@@H]1NC(=O)CN1C(=O)/C(=C\c2ccc(Cl)cc2)Sc2ccccc21. The number of thioether (sulfide) groups is 1. The summed E-state index contributed by atoms with van der Waals surface area (Å²) >= 11 is 7.41. The number of nitrogens with one attached hydrogen (secondary N) is 1. The zero-order chi connectivity index (χ0) is 21.1. The van der Waals surface area contributed by atoms with E-state index in [9.17, 15) is 9.59 Å². The van der Waals surface area contributed by atoms with Crippen molar-refractivity contribution in [2.24, 2.45) is 5.92 Å². The summed E-state index contributed by atoms with van der Waals surface area (Å²) in [5.74, 6) is 0.220. The van der Waals surface area contributed by atoms with Gasteiger partial charge in [-0.1, -0.05) is 67.4 Å². The maximum atomic E-state index is 13.3. The number of anilines is 1. The molecule has 1 fully saturated rings. The first-order chi connectivity index (χ1) is 14.5. The van der Waals surface area contributed by atoms with E-state index in [1.165, 1.54) is 18.2 Å². The highest BCUT2D eigenvalue weighted by molar-refractivity contribution is 8.04. The smallest absolute Gasteiger partial charge is 0.265 e. The molecule has 156 valence electrons. The summed E-state index contributed by atoms with van der Waals surface area (Å²) in [7, 11) is 0. The Morgan fingerprint density at radius 1 is 1.17 bits per heavy atom. The molecule has 0 saturated heterocycles. The van der Waals surface area contributed by atoms with E-state index < -0.39 is 0 Å². The number of nitrogens with zero attached hydrogens (tertiary/aromatic N) is 1. The van der Waals surface area contributed by atoms with Gasteiger partial charge in [0, 0.05) is 16.0 Å². The van der Waals surface area contributed by atoms with Gasteiger partial charge in [-0.05, 0) is 54.7 Å². The Balaban J connectivity index is 1.56. The fourth-order valence-electron chi connectivity index (χ4n) is 4.06. The summed E-state index contributed by atoms with van der Waals surface area (Å²) in [5, 5.41) is 3.82. The molecule has 1 N–H and O–H groups in total. The molecule has 0 radical (unpaired) electrons. The van der Waals surface area contributed by atoms with E-state index in [0.29, 0.717) is 15.8 Å². The second-order valence-corrected chi connectivity index (χ2v) is 9.48. The minimum atomic E-state index is -0.152. The van der Waals surface area contributed by atoms with Crippen LogP contribution in [0.4, 0.5) is 5.69 Å². The van der Waals surface area contributed by atoms with Crippen molar-refractivity contribution in [1.29, 1.82) is 0 Å². The largest absolute Gasteiger partial charge is 0.352 e. The van der Waals surface area contributed by atoms with Crippen molar-refractivity contribution in [3.05, 3.63) is 64.0 Å². The number of hydrogen-bond acceptors (Lipinski definition) is 3. The minimum absolute atomic E-state index is 0.0254. The monoisotopic (exact) mass is 440 g/mol. The molecule has 1 saturated carbocycles. The van der Waals surface area contributed by atoms with Crippen molar-refractivity contribution in [1.82, 2.24) is 5.32 Å². The molecule has 4 rings (SSSR count). The van der Waals surface area contributed by atoms with E-state index in [2.05, 4.69) is 12.2 Å². The number of hydrogen-bond donors (Lipinski definition) is 1. The number of carbonyl (C=O) groups excluding carboxylic acids is 2. The zero-order valence-electron chi connectivity index (χ0n) is 16.9. The first-order valence-electron chi connectivity index (χ1n) is 10.4. The van der Waals surface area contributed by atoms with Gasteiger partial charge in [0.2, 0.25) is 5.91 Å². The molecule has 30 heavy (non-hydrogen) atoms. The minimum Gasteiger partial charge on any atom is -0.352 e. The predicted molar refractivity (Wildman–Crippen MR) is 124 cm³/mol. The lowest BCUT2D eigenvalue weighted by Crippen LogP contribution is -2.48. The number of rotatable bonds is 4. The van der Waals surface area contributed by atoms with Crippen LogP contribution in [0.1, 0.15) is 38.2 Å². The van der Waals surface area contributed by atoms with E-state index in [1.807, 2.05) is 42.5 Å². The van der Waals surface area contributed by atoms with Crippen molar-refractivity contribution in [2.45, 2.75) is 43.5 Å². The van der Waals surface area contributed by atoms with Crippen LogP contribution in [0.2, 0.25) is 5.02 Å². The van der Waals surface area contributed by atoms with E-state index >= 15 is 0 Å². The number of para-hydroxylation sites is 1. The normalized spacial score (nSPS) is 22.7. The Labute approximate surface area is 186 Å². The van der Waals surface area contributed by atoms with Crippen LogP contribution < -0.4 is 10.2 Å². The van der Waals surface area contributed by atoms with Crippen LogP contribution in [0, 0.1) is 5.92 Å². The van der Waals surface area contributed by atoms with Crippen LogP contribution >= 0.6 is 23.4 Å². The highest BCUT2D eigenvalue weighted by Crippen LogP contribution is 2.42. The van der Waals surface area contributed by atoms with Crippen LogP contribution in [0.15, 0.2) is 58.3 Å². The van der Waals surface area contributed by atoms with Crippen LogP contribution in [0.3, 0.4) is 0 Å². The molecule has 2 aliphatic rings. The predicted octanol–water partition coefficient (Wildman–Crippen LogP) is 5.51. The standard InChI is InChI=1S/C24H25ClN2O2S/c1-16-6-2-3-7-19(16)26-23(28)15-27-20-8-4-5-9-21(20)30-22(24(27)29)14-17-10-12-18(25)13-11-17/h4-5,8-14,16,19H,2-3,6-7,15H2,1H3,(H,26,28)/b22-14+/t16-,19-/m0/s1. The molecule has 2 amide bonds. The van der Waals surface area contributed by atoms with Crippen molar-refractivity contribution >= 4 is 46.9 Å². The highest BCUT2D eigenvalue weighted by Gasteiger charge is 2.31. The molecular weight excluding hydrogens is 416 g/mol. The van der Waals surface area contributed by atoms with Crippen molar-refractivity contribution in [2.75, 3.05) is 11.4 Å². The Morgan fingerprint density at radius 3 is 2.67 bits per heavy atom. The lowest BCUT2D eigenvalue weighted by Gasteiger charge is -2.32. The third-order valence-electron chi connectivity index (χ3n) is 5.76. The van der Waals surface area contributed by atoms with E-state index in [4.69, 9.17) is 11.6 Å². The Bertz CT molecular complexity index is 973. The van der Waals surface area contributed by atoms with Crippen LogP contribution in [0.25, 0.3) is 6.08 Å². The molecule has 1 aliphatic heterocycles. The molecule has 0 spiro atoms. The maximum Gasteiger partial charge on any atom is 0.265 e. The van der Waals surface area contributed by atoms with Crippen molar-refractivity contribution < 1.29 is 9.59 Å². The van der Waals surface area contributed by atoms with E-state index in [0.717, 1.165) is 35.4 Å². The summed E-state index contributed by atoms with van der Waals surface area (Å²) in [6.07, 6.45) is 6.37. The number of benzene rings is 2. The molecule has 2 aromatic rings. The van der Waals surface area contributed by atoms with E-state index in [-0.39, 0.29) is 24.4 Å². The second kappa shape index (κ2) is 9.27. The molecule has 0 unspecified atom stereocenters. The van der Waals surface area contributed by atoms with Gasteiger partial charge in [0.05, 0.1) is 10.6 Å². The molecule has 6 heteroatoms. The number of fused-ring (bicyclic) bond motifs is 1. The van der Waals surface area contributed by atoms with Gasteiger partial charge in [-0.2, -0.15) is 0 Å². The number of carbonyl (C=O) groups is 2. The first kappa shape index (κ1) is 21.0. The van der Waals surface area contributed by atoms with Crippen molar-refractivity contribution in [3.63, 3.8) is 0 Å². The van der Waals surface area contributed by atoms with Gasteiger partial charge in [-0.25, -0.2) is 0 Å². The Hall–Kier alpha value is -2.24. The van der Waals surface area contributed by atoms with Gasteiger partial charge in [-0.15, -0.1) is 0 Å². The highest BCUT2D eigenvalue weighted by atomic mass is 35.5. The molecule has 4 nitrogen and oxygen atoms in total. The number of halogens is 1. The lowest BCUT2D eigenvalue weighted by atomic mass is 9.86. The first-order valence-corrected chi connectivity index (χ1v) is 11.6. The zero-order valence-corrected chi connectivity index (χ0v) is 18.5.